The molecule has 11 rings (SSSR count). The molecular formula is C55H39NO. The molecule has 0 saturated heterocycles. The average Bonchev–Trinajstić information content (AvgIpc) is 3.58. The second-order valence-electron chi connectivity index (χ2n) is 15.5. The molecule has 1 aliphatic heterocycles. The van der Waals surface area contributed by atoms with Crippen molar-refractivity contribution in [1.82, 2.24) is 0 Å². The number of hydrogen-bond acceptors (Lipinski definition) is 2. The summed E-state index contributed by atoms with van der Waals surface area (Å²) >= 11 is 0. The molecule has 0 spiro atoms. The number of benzene rings is 9. The molecule has 2 aliphatic rings. The van der Waals surface area contributed by atoms with Gasteiger partial charge in [0.25, 0.3) is 0 Å². The van der Waals surface area contributed by atoms with Gasteiger partial charge in [0, 0.05) is 22.6 Å². The van der Waals surface area contributed by atoms with Crippen molar-refractivity contribution < 1.29 is 4.74 Å². The summed E-state index contributed by atoms with van der Waals surface area (Å²) in [5.74, 6) is 0.976. The highest BCUT2D eigenvalue weighted by Gasteiger charge is 2.43. The van der Waals surface area contributed by atoms with Gasteiger partial charge in [0.2, 0.25) is 0 Å². The Labute approximate surface area is 333 Å². The van der Waals surface area contributed by atoms with Gasteiger partial charge in [-0.2, -0.15) is 0 Å². The first kappa shape index (κ1) is 33.2. The molecule has 270 valence electrons. The topological polar surface area (TPSA) is 12.5 Å². The van der Waals surface area contributed by atoms with Crippen LogP contribution < -0.4 is 9.64 Å². The highest BCUT2D eigenvalue weighted by molar-refractivity contribution is 6.12. The minimum Gasteiger partial charge on any atom is -0.485 e. The number of rotatable bonds is 6. The Morgan fingerprint density at radius 2 is 0.965 bits per heavy atom. The molecule has 0 bridgehead atoms. The van der Waals surface area contributed by atoms with Gasteiger partial charge in [-0.1, -0.05) is 164 Å². The van der Waals surface area contributed by atoms with Crippen molar-refractivity contribution in [2.24, 2.45) is 0 Å². The van der Waals surface area contributed by atoms with Gasteiger partial charge in [0.05, 0.1) is 5.41 Å². The number of nitrogens with zero attached hydrogens (tertiary/aromatic N) is 1. The fourth-order valence-electron chi connectivity index (χ4n) is 9.09. The third-order valence-corrected chi connectivity index (χ3v) is 12.2. The van der Waals surface area contributed by atoms with Crippen LogP contribution in [0.4, 0.5) is 17.1 Å². The summed E-state index contributed by atoms with van der Waals surface area (Å²) in [7, 11) is 0. The largest absolute Gasteiger partial charge is 0.485 e. The molecule has 0 N–H and O–H groups in total. The van der Waals surface area contributed by atoms with Crippen molar-refractivity contribution in [3.05, 3.63) is 223 Å². The highest BCUT2D eigenvalue weighted by atomic mass is 16.5. The van der Waals surface area contributed by atoms with Gasteiger partial charge in [0.15, 0.2) is 0 Å². The average molecular weight is 730 g/mol. The zero-order chi connectivity index (χ0) is 37.9. The molecule has 0 saturated carbocycles. The summed E-state index contributed by atoms with van der Waals surface area (Å²) in [5, 5.41) is 7.59. The third-order valence-electron chi connectivity index (χ3n) is 12.2. The van der Waals surface area contributed by atoms with Crippen LogP contribution >= 0.6 is 0 Å². The normalized spacial score (nSPS) is 16.9. The summed E-state index contributed by atoms with van der Waals surface area (Å²) in [5.41, 5.74) is 11.6. The number of ether oxygens (including phenoxy) is 1. The standard InChI is InChI=1S/C55H39NO/c1-55-35-34-42(36-54(55)57-53-19-7-6-18-52(53)55)37-20-27-43(28-21-37)56(44-29-22-40(23-30-44)47-15-8-12-38-10-2-4-13-46(38)47)45-31-24-41(25-32-45)49-16-9-17-50-48-14-5-3-11-39(48)26-33-51(49)50/h2-36,54H,1H3. The van der Waals surface area contributed by atoms with Gasteiger partial charge in [-0.15, -0.1) is 0 Å². The zero-order valence-corrected chi connectivity index (χ0v) is 31.6. The zero-order valence-electron chi connectivity index (χ0n) is 31.6. The predicted molar refractivity (Wildman–Crippen MR) is 240 cm³/mol. The first-order valence-corrected chi connectivity index (χ1v) is 19.8. The summed E-state index contributed by atoms with van der Waals surface area (Å²) in [4.78, 5) is 2.36. The molecule has 0 fully saturated rings. The SMILES string of the molecule is CC12C=CC(c3ccc(N(c4ccc(-c5cccc6ccccc56)cc4)c4ccc(-c5cccc6c5ccc5ccccc56)cc4)cc3)=CC1Oc1ccccc12. The van der Waals surface area contributed by atoms with Crippen LogP contribution in [0.5, 0.6) is 5.75 Å². The number of anilines is 3. The van der Waals surface area contributed by atoms with E-state index in [0.29, 0.717) is 0 Å². The van der Waals surface area contributed by atoms with E-state index in [0.717, 1.165) is 22.8 Å². The fraction of sp³-hybridized carbons (Fsp3) is 0.0545. The van der Waals surface area contributed by atoms with Gasteiger partial charge in [0.1, 0.15) is 11.9 Å². The van der Waals surface area contributed by atoms with Gasteiger partial charge < -0.3 is 9.64 Å². The first-order valence-electron chi connectivity index (χ1n) is 19.8. The monoisotopic (exact) mass is 729 g/mol. The van der Waals surface area contributed by atoms with E-state index in [1.807, 2.05) is 6.07 Å². The number of fused-ring (bicyclic) bond motifs is 7. The molecule has 0 radical (unpaired) electrons. The van der Waals surface area contributed by atoms with Crippen molar-refractivity contribution in [2.45, 2.75) is 18.4 Å². The molecule has 2 nitrogen and oxygen atoms in total. The molecular weight excluding hydrogens is 691 g/mol. The Morgan fingerprint density at radius 1 is 0.439 bits per heavy atom. The van der Waals surface area contributed by atoms with E-state index >= 15 is 0 Å². The third kappa shape index (κ3) is 5.56. The molecule has 1 aliphatic carbocycles. The number of para-hydroxylation sites is 1. The van der Waals surface area contributed by atoms with Crippen LogP contribution in [0.2, 0.25) is 0 Å². The number of hydrogen-bond donors (Lipinski definition) is 0. The van der Waals surface area contributed by atoms with Crippen molar-refractivity contribution >= 4 is 55.0 Å². The lowest BCUT2D eigenvalue weighted by atomic mass is 9.75. The number of allylic oxidation sites excluding steroid dienone is 2. The van der Waals surface area contributed by atoms with Crippen LogP contribution in [0.25, 0.3) is 60.1 Å². The Hall–Kier alpha value is -7.16. The molecule has 2 unspecified atom stereocenters. The molecule has 1 heterocycles. The van der Waals surface area contributed by atoms with E-state index in [1.165, 1.54) is 71.3 Å². The second kappa shape index (κ2) is 13.3. The van der Waals surface area contributed by atoms with E-state index in [9.17, 15) is 0 Å². The maximum atomic E-state index is 6.46. The lowest BCUT2D eigenvalue weighted by Crippen LogP contribution is -2.33. The fourth-order valence-corrected chi connectivity index (χ4v) is 9.09. The Balaban J connectivity index is 0.966. The first-order chi connectivity index (χ1) is 28.1. The molecule has 2 heteroatoms. The summed E-state index contributed by atoms with van der Waals surface area (Å²) in [6.45, 7) is 2.27. The van der Waals surface area contributed by atoms with Crippen LogP contribution in [0.3, 0.4) is 0 Å². The Morgan fingerprint density at radius 3 is 1.67 bits per heavy atom. The van der Waals surface area contributed by atoms with Gasteiger partial charge >= 0.3 is 0 Å². The molecule has 9 aromatic carbocycles. The lowest BCUT2D eigenvalue weighted by Gasteiger charge is -2.29. The molecule has 2 atom stereocenters. The minimum atomic E-state index is -0.166. The van der Waals surface area contributed by atoms with Crippen LogP contribution in [0.15, 0.2) is 212 Å². The van der Waals surface area contributed by atoms with Crippen molar-refractivity contribution in [1.29, 1.82) is 0 Å². The van der Waals surface area contributed by atoms with Crippen molar-refractivity contribution in [3.63, 3.8) is 0 Å². The molecule has 57 heavy (non-hydrogen) atoms. The summed E-state index contributed by atoms with van der Waals surface area (Å²) < 4.78 is 6.46. The highest BCUT2D eigenvalue weighted by Crippen LogP contribution is 2.48. The maximum absolute atomic E-state index is 6.46. The molecule has 0 amide bonds. The van der Waals surface area contributed by atoms with E-state index in [-0.39, 0.29) is 11.5 Å². The van der Waals surface area contributed by atoms with Crippen LogP contribution in [-0.4, -0.2) is 6.10 Å². The van der Waals surface area contributed by atoms with Crippen LogP contribution in [0.1, 0.15) is 18.1 Å². The second-order valence-corrected chi connectivity index (χ2v) is 15.5. The van der Waals surface area contributed by atoms with Crippen molar-refractivity contribution in [2.75, 3.05) is 4.90 Å². The maximum Gasteiger partial charge on any atom is 0.131 e. The van der Waals surface area contributed by atoms with Gasteiger partial charge in [-0.3, -0.25) is 0 Å². The quantitative estimate of drug-likeness (QED) is 0.158. The van der Waals surface area contributed by atoms with E-state index in [2.05, 4.69) is 218 Å². The Bertz CT molecular complexity index is 3040. The minimum absolute atomic E-state index is 0.0368. The smallest absolute Gasteiger partial charge is 0.131 e. The molecule has 9 aromatic rings. The lowest BCUT2D eigenvalue weighted by molar-refractivity contribution is 0.229. The van der Waals surface area contributed by atoms with Gasteiger partial charge in [-0.25, -0.2) is 0 Å². The molecule has 0 aromatic heterocycles. The summed E-state index contributed by atoms with van der Waals surface area (Å²) in [6.07, 6.45) is 6.82. The predicted octanol–water partition coefficient (Wildman–Crippen LogP) is 14.6. The van der Waals surface area contributed by atoms with Crippen molar-refractivity contribution in [3.8, 4) is 28.0 Å². The Kier molecular flexibility index (Phi) is 7.72. The van der Waals surface area contributed by atoms with Crippen LogP contribution in [0, 0.1) is 0 Å². The van der Waals surface area contributed by atoms with E-state index in [4.69, 9.17) is 4.74 Å². The van der Waals surface area contributed by atoms with E-state index < -0.39 is 0 Å². The summed E-state index contributed by atoms with van der Waals surface area (Å²) in [6, 6.07) is 70.4. The van der Waals surface area contributed by atoms with E-state index in [1.54, 1.807) is 0 Å². The van der Waals surface area contributed by atoms with Crippen LogP contribution in [-0.2, 0) is 5.41 Å². The van der Waals surface area contributed by atoms with Gasteiger partial charge in [-0.05, 0) is 121 Å².